The molecule has 3 fully saturated rings. The number of ether oxygens (including phenoxy) is 1. The highest BCUT2D eigenvalue weighted by atomic mass is 16.5. The van der Waals surface area contributed by atoms with E-state index in [9.17, 15) is 4.79 Å². The monoisotopic (exact) mass is 356 g/mol. The summed E-state index contributed by atoms with van der Waals surface area (Å²) in [6.45, 7) is 10.3. The molecule has 0 radical (unpaired) electrons. The van der Waals surface area contributed by atoms with E-state index in [2.05, 4.69) is 29.7 Å². The molecule has 1 amide bonds. The van der Waals surface area contributed by atoms with E-state index in [0.29, 0.717) is 5.92 Å². The van der Waals surface area contributed by atoms with Gasteiger partial charge in [-0.25, -0.2) is 0 Å². The van der Waals surface area contributed by atoms with Crippen LogP contribution in [0.2, 0.25) is 0 Å². The molecule has 1 aliphatic carbocycles. The Kier molecular flexibility index (Phi) is 4.83. The second kappa shape index (κ2) is 6.97. The molecule has 4 rings (SSSR count). The predicted molar refractivity (Wildman–Crippen MR) is 103 cm³/mol. The third kappa shape index (κ3) is 3.41. The molecule has 1 aromatic carbocycles. The molecular weight excluding hydrogens is 324 g/mol. The fraction of sp³-hybridized carbons (Fsp3) is 0.682. The van der Waals surface area contributed by atoms with E-state index in [1.165, 1.54) is 30.5 Å². The molecule has 0 unspecified atom stereocenters. The van der Waals surface area contributed by atoms with Gasteiger partial charge in [0.15, 0.2) is 0 Å². The summed E-state index contributed by atoms with van der Waals surface area (Å²) in [6, 6.07) is 6.09. The first-order valence-electron chi connectivity index (χ1n) is 10.1. The summed E-state index contributed by atoms with van der Waals surface area (Å²) < 4.78 is 5.56. The fourth-order valence-electron chi connectivity index (χ4n) is 4.97. The molecule has 0 N–H and O–H groups in total. The Balaban J connectivity index is 1.48. The molecule has 1 spiro atoms. The van der Waals surface area contributed by atoms with Crippen LogP contribution in [-0.2, 0) is 4.74 Å². The number of carbonyl (C=O) groups excluding carboxylic acids is 1. The van der Waals surface area contributed by atoms with Gasteiger partial charge in [0.25, 0.3) is 5.91 Å². The highest BCUT2D eigenvalue weighted by Gasteiger charge is 2.51. The van der Waals surface area contributed by atoms with E-state index in [1.807, 2.05) is 19.2 Å². The molecule has 0 aromatic heterocycles. The van der Waals surface area contributed by atoms with E-state index < -0.39 is 0 Å². The zero-order valence-electron chi connectivity index (χ0n) is 16.5. The van der Waals surface area contributed by atoms with Crippen molar-refractivity contribution < 1.29 is 9.53 Å². The minimum atomic E-state index is 0.196. The number of nitrogens with zero attached hydrogens (tertiary/aromatic N) is 2. The van der Waals surface area contributed by atoms with Gasteiger partial charge in [-0.05, 0) is 62.3 Å². The summed E-state index contributed by atoms with van der Waals surface area (Å²) in [5, 5.41) is 0. The molecule has 142 valence electrons. The van der Waals surface area contributed by atoms with Gasteiger partial charge in [0.1, 0.15) is 0 Å². The number of aryl methyl sites for hydroxylation is 2. The van der Waals surface area contributed by atoms with Crippen molar-refractivity contribution in [2.24, 2.45) is 17.3 Å². The smallest absolute Gasteiger partial charge is 0.253 e. The highest BCUT2D eigenvalue weighted by molar-refractivity contribution is 5.94. The first-order chi connectivity index (χ1) is 12.5. The lowest BCUT2D eigenvalue weighted by Gasteiger charge is -2.30. The fourth-order valence-corrected chi connectivity index (χ4v) is 4.97. The van der Waals surface area contributed by atoms with Gasteiger partial charge in [-0.3, -0.25) is 4.79 Å². The lowest BCUT2D eigenvalue weighted by Crippen LogP contribution is -2.38. The second-order valence-corrected chi connectivity index (χ2v) is 8.93. The maximum Gasteiger partial charge on any atom is 0.253 e. The van der Waals surface area contributed by atoms with Crippen LogP contribution in [0.15, 0.2) is 18.2 Å². The van der Waals surface area contributed by atoms with Crippen LogP contribution >= 0.6 is 0 Å². The van der Waals surface area contributed by atoms with Crippen molar-refractivity contribution >= 4 is 5.91 Å². The van der Waals surface area contributed by atoms with Crippen LogP contribution in [0.4, 0.5) is 0 Å². The molecule has 1 saturated carbocycles. The molecule has 4 heteroatoms. The molecule has 3 aliphatic rings. The summed E-state index contributed by atoms with van der Waals surface area (Å²) in [5.74, 6) is 1.66. The maximum absolute atomic E-state index is 13.1. The number of rotatable bonds is 5. The number of carbonyl (C=O) groups is 1. The molecule has 4 nitrogen and oxygen atoms in total. The number of amides is 1. The van der Waals surface area contributed by atoms with Gasteiger partial charge in [-0.2, -0.15) is 0 Å². The largest absolute Gasteiger partial charge is 0.384 e. The summed E-state index contributed by atoms with van der Waals surface area (Å²) in [7, 11) is 1.81. The van der Waals surface area contributed by atoms with Crippen molar-refractivity contribution in [2.45, 2.75) is 33.1 Å². The highest BCUT2D eigenvalue weighted by Crippen LogP contribution is 2.45. The maximum atomic E-state index is 13.1. The summed E-state index contributed by atoms with van der Waals surface area (Å²) in [4.78, 5) is 17.8. The van der Waals surface area contributed by atoms with Crippen LogP contribution < -0.4 is 0 Å². The van der Waals surface area contributed by atoms with Crippen molar-refractivity contribution in [3.63, 3.8) is 0 Å². The number of hydrogen-bond acceptors (Lipinski definition) is 3. The van der Waals surface area contributed by atoms with Gasteiger partial charge in [0, 0.05) is 56.7 Å². The van der Waals surface area contributed by atoms with Gasteiger partial charge >= 0.3 is 0 Å². The Morgan fingerprint density at radius 1 is 1.23 bits per heavy atom. The van der Waals surface area contributed by atoms with Crippen molar-refractivity contribution in [3.05, 3.63) is 34.9 Å². The first-order valence-corrected chi connectivity index (χ1v) is 10.1. The van der Waals surface area contributed by atoms with Crippen molar-refractivity contribution in [1.82, 2.24) is 9.80 Å². The molecular formula is C22H32N2O2. The summed E-state index contributed by atoms with van der Waals surface area (Å²) >= 11 is 0. The third-order valence-corrected chi connectivity index (χ3v) is 6.89. The SMILES string of the molecule is COC[C@H]1CN(CC2CC2)C[C@@]12CCN(C(=O)c1ccc(C)c(C)c1)C2. The van der Waals surface area contributed by atoms with E-state index in [1.54, 1.807) is 0 Å². The average Bonchev–Trinajstić information content (AvgIpc) is 3.23. The van der Waals surface area contributed by atoms with Crippen molar-refractivity contribution in [2.75, 3.05) is 46.4 Å². The standard InChI is InChI=1S/C22H32N2O2/c1-16-4-7-19(10-17(16)2)21(25)24-9-8-22(15-24)14-23(11-18-5-6-18)12-20(22)13-26-3/h4,7,10,18,20H,5-6,8-9,11-15H2,1-3H3/t20-,22-/m1/s1. The number of methoxy groups -OCH3 is 1. The average molecular weight is 357 g/mol. The number of benzene rings is 1. The second-order valence-electron chi connectivity index (χ2n) is 8.93. The van der Waals surface area contributed by atoms with E-state index in [-0.39, 0.29) is 11.3 Å². The van der Waals surface area contributed by atoms with E-state index in [0.717, 1.165) is 50.7 Å². The zero-order valence-corrected chi connectivity index (χ0v) is 16.5. The normalized spacial score (nSPS) is 29.0. The third-order valence-electron chi connectivity index (χ3n) is 6.89. The summed E-state index contributed by atoms with van der Waals surface area (Å²) in [5.41, 5.74) is 3.49. The Labute approximate surface area is 157 Å². The molecule has 0 bridgehead atoms. The molecule has 2 saturated heterocycles. The van der Waals surface area contributed by atoms with E-state index >= 15 is 0 Å². The van der Waals surface area contributed by atoms with Gasteiger partial charge in [-0.15, -0.1) is 0 Å². The minimum absolute atomic E-state index is 0.196. The zero-order chi connectivity index (χ0) is 18.3. The van der Waals surface area contributed by atoms with Crippen LogP contribution in [-0.4, -0.2) is 62.1 Å². The quantitative estimate of drug-likeness (QED) is 0.813. The predicted octanol–water partition coefficient (Wildman–Crippen LogP) is 3.12. The van der Waals surface area contributed by atoms with Gasteiger partial charge in [0.05, 0.1) is 6.61 Å². The molecule has 1 aromatic rings. The van der Waals surface area contributed by atoms with Crippen LogP contribution in [0.3, 0.4) is 0 Å². The Morgan fingerprint density at radius 3 is 2.73 bits per heavy atom. The molecule has 26 heavy (non-hydrogen) atoms. The lowest BCUT2D eigenvalue weighted by atomic mass is 9.77. The topological polar surface area (TPSA) is 32.8 Å². The Hall–Kier alpha value is -1.39. The summed E-state index contributed by atoms with van der Waals surface area (Å²) in [6.07, 6.45) is 3.91. The van der Waals surface area contributed by atoms with Crippen LogP contribution in [0.25, 0.3) is 0 Å². The molecule has 2 heterocycles. The minimum Gasteiger partial charge on any atom is -0.384 e. The van der Waals surface area contributed by atoms with Gasteiger partial charge < -0.3 is 14.5 Å². The van der Waals surface area contributed by atoms with Crippen molar-refractivity contribution in [1.29, 1.82) is 0 Å². The van der Waals surface area contributed by atoms with Crippen LogP contribution in [0.1, 0.15) is 40.7 Å². The van der Waals surface area contributed by atoms with Gasteiger partial charge in [0.2, 0.25) is 0 Å². The number of hydrogen-bond donors (Lipinski definition) is 0. The first kappa shape index (κ1) is 18.0. The molecule has 2 aliphatic heterocycles. The van der Waals surface area contributed by atoms with Crippen molar-refractivity contribution in [3.8, 4) is 0 Å². The molecule has 2 atom stereocenters. The van der Waals surface area contributed by atoms with E-state index in [4.69, 9.17) is 4.74 Å². The van der Waals surface area contributed by atoms with Gasteiger partial charge in [-0.1, -0.05) is 6.07 Å². The van der Waals surface area contributed by atoms with Crippen LogP contribution in [0, 0.1) is 31.1 Å². The Morgan fingerprint density at radius 2 is 2.04 bits per heavy atom. The van der Waals surface area contributed by atoms with Crippen LogP contribution in [0.5, 0.6) is 0 Å². The lowest BCUT2D eigenvalue weighted by molar-refractivity contribution is 0.0716. The Bertz CT molecular complexity index is 685. The number of likely N-dealkylation sites (tertiary alicyclic amines) is 2.